The van der Waals surface area contributed by atoms with Gasteiger partial charge in [-0.05, 0) is 33.6 Å². The van der Waals surface area contributed by atoms with Crippen LogP contribution in [0.15, 0.2) is 15.5 Å². The van der Waals surface area contributed by atoms with E-state index in [4.69, 9.17) is 4.52 Å². The van der Waals surface area contributed by atoms with Crippen molar-refractivity contribution in [1.82, 2.24) is 9.88 Å². The van der Waals surface area contributed by atoms with Crippen molar-refractivity contribution < 1.29 is 12.9 Å². The normalized spacial score (nSPS) is 16.5. The van der Waals surface area contributed by atoms with E-state index >= 15 is 0 Å². The van der Waals surface area contributed by atoms with Gasteiger partial charge in [-0.15, -0.1) is 11.3 Å². The first-order chi connectivity index (χ1) is 10.4. The van der Waals surface area contributed by atoms with Crippen LogP contribution in [-0.4, -0.2) is 19.6 Å². The zero-order chi connectivity index (χ0) is 15.9. The Bertz CT molecular complexity index is 784. The number of aryl methyl sites for hydroxylation is 3. The Balaban J connectivity index is 2.06. The summed E-state index contributed by atoms with van der Waals surface area (Å²) in [6, 6.07) is 1.83. The van der Waals surface area contributed by atoms with Crippen LogP contribution in [0.5, 0.6) is 0 Å². The Kier molecular flexibility index (Phi) is 4.13. The number of sulfonamides is 1. The summed E-state index contributed by atoms with van der Waals surface area (Å²) in [6.45, 7) is 5.58. The van der Waals surface area contributed by atoms with Crippen LogP contribution in [0, 0.1) is 20.8 Å². The van der Waals surface area contributed by atoms with E-state index in [1.807, 2.05) is 20.8 Å². The molecule has 1 aliphatic rings. The van der Waals surface area contributed by atoms with Gasteiger partial charge in [0.2, 0.25) is 10.0 Å². The van der Waals surface area contributed by atoms with Crippen molar-refractivity contribution >= 4 is 21.4 Å². The van der Waals surface area contributed by atoms with E-state index in [9.17, 15) is 8.42 Å². The Morgan fingerprint density at radius 2 is 1.91 bits per heavy atom. The van der Waals surface area contributed by atoms with Crippen molar-refractivity contribution in [2.75, 3.05) is 0 Å². The lowest BCUT2D eigenvalue weighted by Gasteiger charge is -2.13. The summed E-state index contributed by atoms with van der Waals surface area (Å²) in [5.41, 5.74) is 1.39. The molecule has 3 rings (SSSR count). The molecule has 22 heavy (non-hydrogen) atoms. The van der Waals surface area contributed by atoms with Crippen molar-refractivity contribution in [2.24, 2.45) is 0 Å². The number of nitrogens with zero attached hydrogens (tertiary/aromatic N) is 1. The lowest BCUT2D eigenvalue weighted by molar-refractivity contribution is 0.426. The van der Waals surface area contributed by atoms with Gasteiger partial charge in [-0.2, -0.15) is 0 Å². The first-order valence-electron chi connectivity index (χ1n) is 7.44. The van der Waals surface area contributed by atoms with Crippen molar-refractivity contribution in [3.05, 3.63) is 21.5 Å². The van der Waals surface area contributed by atoms with E-state index in [0.29, 0.717) is 16.2 Å². The van der Waals surface area contributed by atoms with Crippen LogP contribution in [-0.2, 0) is 10.0 Å². The fourth-order valence-electron chi connectivity index (χ4n) is 3.08. The summed E-state index contributed by atoms with van der Waals surface area (Å²) in [6.07, 6.45) is 4.00. The van der Waals surface area contributed by atoms with Crippen LogP contribution >= 0.6 is 11.3 Å². The van der Waals surface area contributed by atoms with Gasteiger partial charge in [-0.25, -0.2) is 13.1 Å². The second-order valence-corrected chi connectivity index (χ2v) is 8.93. The van der Waals surface area contributed by atoms with E-state index < -0.39 is 10.0 Å². The Morgan fingerprint density at radius 3 is 2.50 bits per heavy atom. The molecule has 0 atom stereocenters. The quantitative estimate of drug-likeness (QED) is 0.924. The summed E-state index contributed by atoms with van der Waals surface area (Å²) < 4.78 is 33.9. The molecule has 0 unspecified atom stereocenters. The molecule has 2 heterocycles. The summed E-state index contributed by atoms with van der Waals surface area (Å²) in [5, 5.41) is 3.88. The number of hydrogen-bond donors (Lipinski definition) is 1. The average Bonchev–Trinajstić information content (AvgIpc) is 3.10. The second kappa shape index (κ2) is 5.79. The molecule has 5 nitrogen and oxygen atoms in total. The molecule has 0 aliphatic heterocycles. The maximum atomic E-state index is 12.9. The van der Waals surface area contributed by atoms with Gasteiger partial charge in [0.1, 0.15) is 4.90 Å². The highest BCUT2D eigenvalue weighted by molar-refractivity contribution is 7.89. The van der Waals surface area contributed by atoms with Gasteiger partial charge in [0.05, 0.1) is 11.3 Å². The maximum Gasteiger partial charge on any atom is 0.242 e. The molecule has 1 N–H and O–H groups in total. The molecule has 0 saturated heterocycles. The second-order valence-electron chi connectivity index (χ2n) is 5.85. The molecule has 0 aromatic carbocycles. The van der Waals surface area contributed by atoms with Crippen LogP contribution in [0.3, 0.4) is 0 Å². The zero-order valence-corrected chi connectivity index (χ0v) is 14.6. The first-order valence-corrected chi connectivity index (χ1v) is 9.74. The minimum Gasteiger partial charge on any atom is -0.356 e. The molecule has 7 heteroatoms. The number of thiophene rings is 1. The van der Waals surface area contributed by atoms with Crippen molar-refractivity contribution in [1.29, 1.82) is 0 Å². The monoisotopic (exact) mass is 340 g/mol. The van der Waals surface area contributed by atoms with Gasteiger partial charge < -0.3 is 4.52 Å². The largest absolute Gasteiger partial charge is 0.356 e. The fourth-order valence-corrected chi connectivity index (χ4v) is 6.25. The van der Waals surface area contributed by atoms with Crippen LogP contribution in [0.4, 0.5) is 0 Å². The standard InChI is InChI=1S/C15H20N2O3S2/c1-9-8-13(20-16-9)14-10(2)21-11(3)15(14)22(18,19)17-12-6-4-5-7-12/h8,12,17H,4-7H2,1-3H3. The smallest absolute Gasteiger partial charge is 0.242 e. The number of hydrogen-bond acceptors (Lipinski definition) is 5. The Morgan fingerprint density at radius 1 is 1.23 bits per heavy atom. The van der Waals surface area contributed by atoms with E-state index in [1.165, 1.54) is 11.3 Å². The van der Waals surface area contributed by atoms with E-state index in [2.05, 4.69) is 9.88 Å². The van der Waals surface area contributed by atoms with Crippen LogP contribution in [0.25, 0.3) is 11.3 Å². The number of aromatic nitrogens is 1. The summed E-state index contributed by atoms with van der Waals surface area (Å²) in [5.74, 6) is 0.520. The molecule has 1 saturated carbocycles. The van der Waals surface area contributed by atoms with Crippen LogP contribution in [0.1, 0.15) is 41.1 Å². The lowest BCUT2D eigenvalue weighted by atomic mass is 10.2. The summed E-state index contributed by atoms with van der Waals surface area (Å²) in [4.78, 5) is 2.06. The van der Waals surface area contributed by atoms with Gasteiger partial charge in [-0.1, -0.05) is 18.0 Å². The lowest BCUT2D eigenvalue weighted by Crippen LogP contribution is -2.33. The predicted molar refractivity (Wildman–Crippen MR) is 86.6 cm³/mol. The third kappa shape index (κ3) is 2.85. The molecule has 0 spiro atoms. The summed E-state index contributed by atoms with van der Waals surface area (Å²) >= 11 is 1.48. The Hall–Kier alpha value is -1.18. The van der Waals surface area contributed by atoms with Gasteiger partial charge in [0.25, 0.3) is 0 Å². The third-order valence-electron chi connectivity index (χ3n) is 4.03. The van der Waals surface area contributed by atoms with Crippen molar-refractivity contribution in [2.45, 2.75) is 57.4 Å². The molecular formula is C15H20N2O3S2. The van der Waals surface area contributed by atoms with Gasteiger partial charge >= 0.3 is 0 Å². The number of nitrogens with one attached hydrogen (secondary N) is 1. The zero-order valence-electron chi connectivity index (χ0n) is 13.0. The minimum atomic E-state index is -3.55. The van der Waals surface area contributed by atoms with Crippen molar-refractivity contribution in [3.8, 4) is 11.3 Å². The van der Waals surface area contributed by atoms with E-state index in [0.717, 1.165) is 41.1 Å². The van der Waals surface area contributed by atoms with Gasteiger partial charge in [-0.3, -0.25) is 0 Å². The van der Waals surface area contributed by atoms with Gasteiger partial charge in [0.15, 0.2) is 5.76 Å². The predicted octanol–water partition coefficient (Wildman–Crippen LogP) is 3.55. The Labute approximate surface area is 134 Å². The highest BCUT2D eigenvalue weighted by Crippen LogP contribution is 2.39. The molecule has 1 aliphatic carbocycles. The molecule has 0 amide bonds. The minimum absolute atomic E-state index is 0.0499. The van der Waals surface area contributed by atoms with Crippen molar-refractivity contribution in [3.63, 3.8) is 0 Å². The highest BCUT2D eigenvalue weighted by atomic mass is 32.2. The molecule has 1 fully saturated rings. The van der Waals surface area contributed by atoms with E-state index in [-0.39, 0.29) is 6.04 Å². The fraction of sp³-hybridized carbons (Fsp3) is 0.533. The molecule has 120 valence electrons. The SMILES string of the molecule is Cc1cc(-c2c(C)sc(C)c2S(=O)(=O)NC2CCCC2)on1. The molecular weight excluding hydrogens is 320 g/mol. The van der Waals surface area contributed by atoms with Crippen LogP contribution < -0.4 is 4.72 Å². The topological polar surface area (TPSA) is 72.2 Å². The van der Waals surface area contributed by atoms with Crippen LogP contribution in [0.2, 0.25) is 0 Å². The molecule has 2 aromatic rings. The third-order valence-corrected chi connectivity index (χ3v) is 6.87. The molecule has 0 bridgehead atoms. The highest BCUT2D eigenvalue weighted by Gasteiger charge is 2.30. The molecule has 0 radical (unpaired) electrons. The van der Waals surface area contributed by atoms with E-state index in [1.54, 1.807) is 6.07 Å². The molecule has 2 aromatic heterocycles. The number of rotatable bonds is 4. The van der Waals surface area contributed by atoms with Gasteiger partial charge in [0, 0.05) is 21.9 Å². The first kappa shape index (κ1) is 15.7. The average molecular weight is 340 g/mol. The maximum absolute atomic E-state index is 12.9. The summed E-state index contributed by atoms with van der Waals surface area (Å²) in [7, 11) is -3.55.